The van der Waals surface area contributed by atoms with Gasteiger partial charge in [-0.05, 0) is 54.7 Å². The monoisotopic (exact) mass is 372 g/mol. The van der Waals surface area contributed by atoms with Gasteiger partial charge >= 0.3 is 0 Å². The molecule has 0 saturated carbocycles. The Labute approximate surface area is 168 Å². The molecule has 0 saturated heterocycles. The van der Waals surface area contributed by atoms with Crippen LogP contribution in [0.15, 0.2) is 54.9 Å². The lowest BCUT2D eigenvalue weighted by atomic mass is 10.0. The van der Waals surface area contributed by atoms with Crippen LogP contribution in [0.2, 0.25) is 0 Å². The van der Waals surface area contributed by atoms with Gasteiger partial charge in [0.2, 0.25) is 0 Å². The summed E-state index contributed by atoms with van der Waals surface area (Å²) in [5.74, 6) is 0.878. The van der Waals surface area contributed by atoms with E-state index >= 15 is 0 Å². The van der Waals surface area contributed by atoms with Crippen LogP contribution in [-0.2, 0) is 19.3 Å². The number of allylic oxidation sites excluding steroid dienone is 1. The molecule has 2 aromatic carbocycles. The first-order valence-corrected chi connectivity index (χ1v) is 9.96. The summed E-state index contributed by atoms with van der Waals surface area (Å²) in [5.41, 5.74) is 8.62. The lowest BCUT2D eigenvalue weighted by molar-refractivity contribution is 0.415. The number of benzene rings is 2. The lowest BCUT2D eigenvalue weighted by Gasteiger charge is -2.06. The molecule has 3 aromatic rings. The van der Waals surface area contributed by atoms with Crippen molar-refractivity contribution < 1.29 is 4.74 Å². The molecule has 3 heteroatoms. The third kappa shape index (κ3) is 4.48. The van der Waals surface area contributed by atoms with Gasteiger partial charge in [0.05, 0.1) is 18.5 Å². The highest BCUT2D eigenvalue weighted by Gasteiger charge is 2.19. The van der Waals surface area contributed by atoms with E-state index in [1.807, 2.05) is 26.0 Å². The average molecular weight is 373 g/mol. The van der Waals surface area contributed by atoms with Gasteiger partial charge in [-0.3, -0.25) is 0 Å². The SMILES string of the molecule is CC.COc1ccc(C2=Cc3c(CCc4ccc(C)cc4)ncnc3C2)cc1. The molecule has 0 fully saturated rings. The summed E-state index contributed by atoms with van der Waals surface area (Å²) >= 11 is 0. The highest BCUT2D eigenvalue weighted by molar-refractivity contribution is 5.88. The summed E-state index contributed by atoms with van der Waals surface area (Å²) in [6, 6.07) is 17.0. The first-order valence-electron chi connectivity index (χ1n) is 9.96. The Morgan fingerprint density at radius 2 is 1.61 bits per heavy atom. The molecule has 1 aromatic heterocycles. The Hall–Kier alpha value is -2.94. The van der Waals surface area contributed by atoms with Gasteiger partial charge in [-0.2, -0.15) is 0 Å². The largest absolute Gasteiger partial charge is 0.497 e. The van der Waals surface area contributed by atoms with Gasteiger partial charge in [0.1, 0.15) is 12.1 Å². The second kappa shape index (κ2) is 9.32. The first-order chi connectivity index (χ1) is 13.7. The Balaban J connectivity index is 0.00000109. The second-order valence-corrected chi connectivity index (χ2v) is 6.74. The molecule has 3 nitrogen and oxygen atoms in total. The Kier molecular flexibility index (Phi) is 6.59. The van der Waals surface area contributed by atoms with Gasteiger partial charge in [0.25, 0.3) is 0 Å². The zero-order valence-corrected chi connectivity index (χ0v) is 17.2. The van der Waals surface area contributed by atoms with E-state index in [9.17, 15) is 0 Å². The minimum absolute atomic E-state index is 0.863. The number of nitrogens with zero attached hydrogens (tertiary/aromatic N) is 2. The van der Waals surface area contributed by atoms with Gasteiger partial charge in [0.15, 0.2) is 0 Å². The van der Waals surface area contributed by atoms with Crippen LogP contribution in [0.4, 0.5) is 0 Å². The summed E-state index contributed by atoms with van der Waals surface area (Å²) in [6.07, 6.45) is 6.74. The smallest absolute Gasteiger partial charge is 0.118 e. The summed E-state index contributed by atoms with van der Waals surface area (Å²) in [7, 11) is 1.69. The van der Waals surface area contributed by atoms with E-state index in [-0.39, 0.29) is 0 Å². The number of aromatic nitrogens is 2. The summed E-state index contributed by atoms with van der Waals surface area (Å²) in [4.78, 5) is 9.07. The zero-order valence-electron chi connectivity index (χ0n) is 17.2. The predicted octanol–water partition coefficient (Wildman–Crippen LogP) is 5.70. The molecule has 0 N–H and O–H groups in total. The number of hydrogen-bond acceptors (Lipinski definition) is 3. The highest BCUT2D eigenvalue weighted by Crippen LogP contribution is 2.32. The summed E-state index contributed by atoms with van der Waals surface area (Å²) in [6.45, 7) is 6.12. The van der Waals surface area contributed by atoms with E-state index < -0.39 is 0 Å². The molecule has 28 heavy (non-hydrogen) atoms. The first kappa shape index (κ1) is 19.8. The van der Waals surface area contributed by atoms with Crippen molar-refractivity contribution >= 4 is 11.6 Å². The van der Waals surface area contributed by atoms with Crippen LogP contribution in [-0.4, -0.2) is 17.1 Å². The average Bonchev–Trinajstić information content (AvgIpc) is 3.20. The van der Waals surface area contributed by atoms with Crippen LogP contribution in [0.5, 0.6) is 5.75 Å². The van der Waals surface area contributed by atoms with Gasteiger partial charge in [-0.25, -0.2) is 9.97 Å². The van der Waals surface area contributed by atoms with Crippen LogP contribution in [0, 0.1) is 6.92 Å². The highest BCUT2D eigenvalue weighted by atomic mass is 16.5. The van der Waals surface area contributed by atoms with Crippen molar-refractivity contribution in [2.45, 2.75) is 40.0 Å². The number of fused-ring (bicyclic) bond motifs is 1. The molecule has 4 rings (SSSR count). The van der Waals surface area contributed by atoms with Crippen LogP contribution in [0.3, 0.4) is 0 Å². The number of rotatable bonds is 5. The van der Waals surface area contributed by atoms with Crippen molar-refractivity contribution in [2.24, 2.45) is 0 Å². The Morgan fingerprint density at radius 1 is 0.893 bits per heavy atom. The molecular weight excluding hydrogens is 344 g/mol. The van der Waals surface area contributed by atoms with Crippen molar-refractivity contribution in [3.05, 3.63) is 88.5 Å². The quantitative estimate of drug-likeness (QED) is 0.576. The molecule has 1 aliphatic carbocycles. The predicted molar refractivity (Wildman–Crippen MR) is 117 cm³/mol. The fourth-order valence-electron chi connectivity index (χ4n) is 3.39. The maximum atomic E-state index is 5.25. The van der Waals surface area contributed by atoms with Gasteiger partial charge in [0, 0.05) is 12.0 Å². The van der Waals surface area contributed by atoms with E-state index in [2.05, 4.69) is 59.4 Å². The van der Waals surface area contributed by atoms with Crippen molar-refractivity contribution in [1.29, 1.82) is 0 Å². The molecule has 0 amide bonds. The molecule has 144 valence electrons. The molecule has 1 aliphatic rings. The summed E-state index contributed by atoms with van der Waals surface area (Å²) in [5, 5.41) is 0. The number of hydrogen-bond donors (Lipinski definition) is 0. The topological polar surface area (TPSA) is 35.0 Å². The second-order valence-electron chi connectivity index (χ2n) is 6.74. The lowest BCUT2D eigenvalue weighted by Crippen LogP contribution is -2.01. The van der Waals surface area contributed by atoms with Crippen molar-refractivity contribution in [2.75, 3.05) is 7.11 Å². The van der Waals surface area contributed by atoms with Gasteiger partial charge < -0.3 is 4.74 Å². The normalized spacial score (nSPS) is 11.9. The maximum Gasteiger partial charge on any atom is 0.118 e. The van der Waals surface area contributed by atoms with E-state index in [1.54, 1.807) is 13.4 Å². The van der Waals surface area contributed by atoms with E-state index in [4.69, 9.17) is 4.74 Å². The Bertz CT molecular complexity index is 941. The fourth-order valence-corrected chi connectivity index (χ4v) is 3.39. The minimum atomic E-state index is 0.863. The van der Waals surface area contributed by atoms with E-state index in [0.29, 0.717) is 0 Å². The van der Waals surface area contributed by atoms with Crippen LogP contribution in [0.25, 0.3) is 11.6 Å². The minimum Gasteiger partial charge on any atom is -0.497 e. The standard InChI is InChI=1S/C23H22N2O.C2H6/c1-16-3-5-17(6-4-16)7-12-22-21-13-19(14-23(21)25-15-24-22)18-8-10-20(26-2)11-9-18;1-2/h3-6,8-11,13,15H,7,12,14H2,1-2H3;1-2H3. The number of methoxy groups -OCH3 is 1. The maximum absolute atomic E-state index is 5.25. The molecule has 0 unspecified atom stereocenters. The zero-order chi connectivity index (χ0) is 19.9. The van der Waals surface area contributed by atoms with Crippen molar-refractivity contribution in [3.63, 3.8) is 0 Å². The van der Waals surface area contributed by atoms with Crippen LogP contribution < -0.4 is 4.74 Å². The van der Waals surface area contributed by atoms with Gasteiger partial charge in [-0.1, -0.05) is 55.8 Å². The molecule has 0 spiro atoms. The fraction of sp³-hybridized carbons (Fsp3) is 0.280. The third-order valence-corrected chi connectivity index (χ3v) is 4.96. The van der Waals surface area contributed by atoms with Crippen LogP contribution >= 0.6 is 0 Å². The molecular formula is C25H28N2O. The van der Waals surface area contributed by atoms with Crippen molar-refractivity contribution in [3.8, 4) is 5.75 Å². The number of aryl methyl sites for hydroxylation is 3. The Morgan fingerprint density at radius 3 is 2.29 bits per heavy atom. The molecule has 0 aliphatic heterocycles. The molecule has 0 radical (unpaired) electrons. The van der Waals surface area contributed by atoms with Gasteiger partial charge in [-0.15, -0.1) is 0 Å². The van der Waals surface area contributed by atoms with Crippen LogP contribution in [0.1, 0.15) is 47.5 Å². The third-order valence-electron chi connectivity index (χ3n) is 4.96. The molecule has 0 bridgehead atoms. The molecule has 1 heterocycles. The van der Waals surface area contributed by atoms with E-state index in [0.717, 1.165) is 36.4 Å². The summed E-state index contributed by atoms with van der Waals surface area (Å²) < 4.78 is 5.25. The number of ether oxygens (including phenoxy) is 1. The van der Waals surface area contributed by atoms with E-state index in [1.165, 1.54) is 27.8 Å². The van der Waals surface area contributed by atoms with Crippen molar-refractivity contribution in [1.82, 2.24) is 9.97 Å². The molecule has 0 atom stereocenters.